The van der Waals surface area contributed by atoms with Gasteiger partial charge in [-0.05, 0) is 39.3 Å². The molecule has 2 unspecified atom stereocenters. The summed E-state index contributed by atoms with van der Waals surface area (Å²) >= 11 is 0. The molecule has 0 aromatic rings. The summed E-state index contributed by atoms with van der Waals surface area (Å²) in [5, 5.41) is 12.5. The maximum absolute atomic E-state index is 11.4. The highest BCUT2D eigenvalue weighted by atomic mass is 16.4. The summed E-state index contributed by atoms with van der Waals surface area (Å²) in [7, 11) is 0. The molecule has 1 aliphatic heterocycles. The SMILES string of the molecule is CCNC(C)(CN1CCCCC1CC)C(=O)O. The highest BCUT2D eigenvalue weighted by molar-refractivity contribution is 5.78. The van der Waals surface area contributed by atoms with Gasteiger partial charge in [-0.15, -0.1) is 0 Å². The second-order valence-corrected chi connectivity index (χ2v) is 5.20. The number of hydrogen-bond donors (Lipinski definition) is 2. The molecule has 0 radical (unpaired) electrons. The Kier molecular flexibility index (Phi) is 5.40. The van der Waals surface area contributed by atoms with Crippen LogP contribution in [0.2, 0.25) is 0 Å². The predicted octanol–water partition coefficient (Wildman–Crippen LogP) is 1.70. The average Bonchev–Trinajstić information content (AvgIpc) is 2.30. The number of piperidine rings is 1. The van der Waals surface area contributed by atoms with Crippen molar-refractivity contribution >= 4 is 5.97 Å². The Balaban J connectivity index is 2.67. The van der Waals surface area contributed by atoms with Crippen molar-refractivity contribution in [3.63, 3.8) is 0 Å². The van der Waals surface area contributed by atoms with Gasteiger partial charge in [0.15, 0.2) is 0 Å². The minimum Gasteiger partial charge on any atom is -0.480 e. The lowest BCUT2D eigenvalue weighted by Gasteiger charge is -2.40. The van der Waals surface area contributed by atoms with E-state index < -0.39 is 11.5 Å². The maximum Gasteiger partial charge on any atom is 0.324 e. The van der Waals surface area contributed by atoms with E-state index in [2.05, 4.69) is 17.1 Å². The van der Waals surface area contributed by atoms with Crippen LogP contribution in [0.5, 0.6) is 0 Å². The Labute approximate surface area is 104 Å². The number of likely N-dealkylation sites (N-methyl/N-ethyl adjacent to an activating group) is 1. The van der Waals surface area contributed by atoms with E-state index in [1.54, 1.807) is 6.92 Å². The zero-order valence-corrected chi connectivity index (χ0v) is 11.3. The molecule has 4 heteroatoms. The van der Waals surface area contributed by atoms with Gasteiger partial charge in [0.25, 0.3) is 0 Å². The van der Waals surface area contributed by atoms with Gasteiger partial charge < -0.3 is 10.4 Å². The van der Waals surface area contributed by atoms with Crippen molar-refractivity contribution in [1.29, 1.82) is 0 Å². The number of carbonyl (C=O) groups is 1. The third-order valence-electron chi connectivity index (χ3n) is 3.78. The first-order valence-electron chi connectivity index (χ1n) is 6.76. The Morgan fingerprint density at radius 1 is 1.47 bits per heavy atom. The second-order valence-electron chi connectivity index (χ2n) is 5.20. The third kappa shape index (κ3) is 3.68. The van der Waals surface area contributed by atoms with Crippen LogP contribution in [0.15, 0.2) is 0 Å². The third-order valence-corrected chi connectivity index (χ3v) is 3.78. The van der Waals surface area contributed by atoms with Gasteiger partial charge in [-0.25, -0.2) is 0 Å². The zero-order valence-electron chi connectivity index (χ0n) is 11.3. The van der Waals surface area contributed by atoms with E-state index in [0.29, 0.717) is 19.1 Å². The lowest BCUT2D eigenvalue weighted by Crippen LogP contribution is -2.59. The molecule has 0 saturated carbocycles. The van der Waals surface area contributed by atoms with E-state index in [-0.39, 0.29) is 0 Å². The van der Waals surface area contributed by atoms with Crippen molar-refractivity contribution in [2.75, 3.05) is 19.6 Å². The van der Waals surface area contributed by atoms with Crippen molar-refractivity contribution in [1.82, 2.24) is 10.2 Å². The van der Waals surface area contributed by atoms with Gasteiger partial charge in [0.2, 0.25) is 0 Å². The quantitative estimate of drug-likeness (QED) is 0.744. The molecule has 0 spiro atoms. The fourth-order valence-corrected chi connectivity index (χ4v) is 2.73. The van der Waals surface area contributed by atoms with Crippen molar-refractivity contribution in [3.8, 4) is 0 Å². The van der Waals surface area contributed by atoms with Crippen molar-refractivity contribution in [3.05, 3.63) is 0 Å². The summed E-state index contributed by atoms with van der Waals surface area (Å²) < 4.78 is 0. The van der Waals surface area contributed by atoms with Gasteiger partial charge in [0.05, 0.1) is 0 Å². The van der Waals surface area contributed by atoms with Crippen LogP contribution in [-0.4, -0.2) is 47.2 Å². The Hall–Kier alpha value is -0.610. The normalized spacial score (nSPS) is 25.5. The number of carboxylic acid groups (broad SMARTS) is 1. The minimum absolute atomic E-state index is 0.557. The molecule has 1 fully saturated rings. The fourth-order valence-electron chi connectivity index (χ4n) is 2.73. The van der Waals surface area contributed by atoms with Gasteiger partial charge >= 0.3 is 5.97 Å². The Morgan fingerprint density at radius 2 is 2.18 bits per heavy atom. The number of likely N-dealkylation sites (tertiary alicyclic amines) is 1. The maximum atomic E-state index is 11.4. The summed E-state index contributed by atoms with van der Waals surface area (Å²) in [6.07, 6.45) is 4.79. The molecule has 17 heavy (non-hydrogen) atoms. The van der Waals surface area contributed by atoms with Crippen LogP contribution in [0.25, 0.3) is 0 Å². The minimum atomic E-state index is -0.820. The molecule has 4 nitrogen and oxygen atoms in total. The summed E-state index contributed by atoms with van der Waals surface area (Å²) in [6.45, 7) is 8.26. The molecule has 0 bridgehead atoms. The molecule has 0 amide bonds. The summed E-state index contributed by atoms with van der Waals surface area (Å²) in [5.74, 6) is -0.750. The summed E-state index contributed by atoms with van der Waals surface area (Å²) in [5.41, 5.74) is -0.820. The van der Waals surface area contributed by atoms with Crippen LogP contribution in [-0.2, 0) is 4.79 Å². The first-order chi connectivity index (χ1) is 8.03. The van der Waals surface area contributed by atoms with Crippen LogP contribution in [0.3, 0.4) is 0 Å². The lowest BCUT2D eigenvalue weighted by atomic mass is 9.95. The number of nitrogens with zero attached hydrogens (tertiary/aromatic N) is 1. The molecule has 1 rings (SSSR count). The Bertz CT molecular complexity index is 258. The standard InChI is InChI=1S/C13H26N2O2/c1-4-11-8-6-7-9-15(11)10-13(3,12(16)17)14-5-2/h11,14H,4-10H2,1-3H3,(H,16,17). The summed E-state index contributed by atoms with van der Waals surface area (Å²) in [4.78, 5) is 13.7. The molecule has 2 atom stereocenters. The molecule has 2 N–H and O–H groups in total. The van der Waals surface area contributed by atoms with Gasteiger partial charge in [0.1, 0.15) is 5.54 Å². The van der Waals surface area contributed by atoms with Crippen LogP contribution in [0.1, 0.15) is 46.5 Å². The van der Waals surface area contributed by atoms with Gasteiger partial charge in [-0.3, -0.25) is 9.69 Å². The van der Waals surface area contributed by atoms with Gasteiger partial charge in [0, 0.05) is 12.6 Å². The highest BCUT2D eigenvalue weighted by Gasteiger charge is 2.36. The largest absolute Gasteiger partial charge is 0.480 e. The smallest absolute Gasteiger partial charge is 0.324 e. The van der Waals surface area contributed by atoms with Crippen LogP contribution in [0, 0.1) is 0 Å². The van der Waals surface area contributed by atoms with E-state index in [1.165, 1.54) is 19.3 Å². The molecule has 100 valence electrons. The number of rotatable bonds is 6. The Morgan fingerprint density at radius 3 is 2.71 bits per heavy atom. The molecule has 1 aliphatic rings. The monoisotopic (exact) mass is 242 g/mol. The molecular weight excluding hydrogens is 216 g/mol. The van der Waals surface area contributed by atoms with E-state index >= 15 is 0 Å². The molecule has 1 heterocycles. The van der Waals surface area contributed by atoms with Crippen molar-refractivity contribution < 1.29 is 9.90 Å². The summed E-state index contributed by atoms with van der Waals surface area (Å²) in [6, 6.07) is 0.557. The molecule has 0 aromatic carbocycles. The van der Waals surface area contributed by atoms with Crippen LogP contribution >= 0.6 is 0 Å². The van der Waals surface area contributed by atoms with Crippen LogP contribution in [0.4, 0.5) is 0 Å². The molecule has 1 saturated heterocycles. The van der Waals surface area contributed by atoms with Gasteiger partial charge in [-0.1, -0.05) is 20.3 Å². The average molecular weight is 242 g/mol. The predicted molar refractivity (Wildman–Crippen MR) is 69.2 cm³/mol. The topological polar surface area (TPSA) is 52.6 Å². The second kappa shape index (κ2) is 6.36. The first kappa shape index (κ1) is 14.5. The molecular formula is C13H26N2O2. The van der Waals surface area contributed by atoms with E-state index in [0.717, 1.165) is 13.0 Å². The van der Waals surface area contributed by atoms with E-state index in [1.807, 2.05) is 6.92 Å². The van der Waals surface area contributed by atoms with E-state index in [4.69, 9.17) is 0 Å². The molecule has 0 aliphatic carbocycles. The highest BCUT2D eigenvalue weighted by Crippen LogP contribution is 2.21. The fraction of sp³-hybridized carbons (Fsp3) is 0.923. The van der Waals surface area contributed by atoms with E-state index in [9.17, 15) is 9.90 Å². The number of aliphatic carboxylic acids is 1. The van der Waals surface area contributed by atoms with Crippen LogP contribution < -0.4 is 5.32 Å². The number of nitrogens with one attached hydrogen (secondary N) is 1. The number of hydrogen-bond acceptors (Lipinski definition) is 3. The molecule has 0 aromatic heterocycles. The van der Waals surface area contributed by atoms with Crippen molar-refractivity contribution in [2.45, 2.75) is 58.0 Å². The lowest BCUT2D eigenvalue weighted by molar-refractivity contribution is -0.145. The van der Waals surface area contributed by atoms with Crippen molar-refractivity contribution in [2.24, 2.45) is 0 Å². The zero-order chi connectivity index (χ0) is 12.9. The van der Waals surface area contributed by atoms with Gasteiger partial charge in [-0.2, -0.15) is 0 Å². The number of carboxylic acids is 1. The first-order valence-corrected chi connectivity index (χ1v) is 6.76.